The van der Waals surface area contributed by atoms with Gasteiger partial charge in [0.25, 0.3) is 0 Å². The van der Waals surface area contributed by atoms with Crippen molar-refractivity contribution >= 4 is 11.6 Å². The van der Waals surface area contributed by atoms with Crippen LogP contribution in [0, 0.1) is 11.7 Å². The smallest absolute Gasteiger partial charge is 0.241 e. The number of rotatable bonds is 2. The van der Waals surface area contributed by atoms with Gasteiger partial charge < -0.3 is 10.6 Å². The molecule has 0 bridgehead atoms. The molecule has 2 N–H and O–H groups in total. The van der Waals surface area contributed by atoms with Crippen LogP contribution in [0.2, 0.25) is 0 Å². The molecule has 1 fully saturated rings. The van der Waals surface area contributed by atoms with Crippen molar-refractivity contribution in [3.63, 3.8) is 0 Å². The molecule has 0 saturated carbocycles. The summed E-state index contributed by atoms with van der Waals surface area (Å²) in [5.74, 6) is -0.102. The molecule has 2 rings (SSSR count). The quantitative estimate of drug-likeness (QED) is 0.800. The van der Waals surface area contributed by atoms with Crippen molar-refractivity contribution in [3.05, 3.63) is 30.1 Å². The van der Waals surface area contributed by atoms with E-state index in [1.807, 2.05) is 6.92 Å². The number of amides is 1. The van der Waals surface area contributed by atoms with Gasteiger partial charge in [-0.15, -0.1) is 0 Å². The molecule has 0 aliphatic carbocycles. The third-order valence-electron chi connectivity index (χ3n) is 2.91. The molecule has 1 aliphatic rings. The fraction of sp³-hybridized carbons (Fsp3) is 0.417. The average molecular weight is 222 g/mol. The number of nitrogens with one attached hydrogen (secondary N) is 2. The fourth-order valence-corrected chi connectivity index (χ4v) is 1.97. The summed E-state index contributed by atoms with van der Waals surface area (Å²) >= 11 is 0. The first-order valence-electron chi connectivity index (χ1n) is 5.46. The number of halogens is 1. The van der Waals surface area contributed by atoms with Crippen molar-refractivity contribution in [2.24, 2.45) is 5.92 Å². The molecule has 0 radical (unpaired) electrons. The van der Waals surface area contributed by atoms with E-state index >= 15 is 0 Å². The van der Waals surface area contributed by atoms with E-state index in [2.05, 4.69) is 10.6 Å². The number of hydrogen-bond acceptors (Lipinski definition) is 2. The molecule has 86 valence electrons. The van der Waals surface area contributed by atoms with Gasteiger partial charge in [0.2, 0.25) is 5.91 Å². The van der Waals surface area contributed by atoms with E-state index in [0.717, 1.165) is 13.0 Å². The summed E-state index contributed by atoms with van der Waals surface area (Å²) in [4.78, 5) is 11.8. The van der Waals surface area contributed by atoms with Crippen molar-refractivity contribution in [3.8, 4) is 0 Å². The summed E-state index contributed by atoms with van der Waals surface area (Å²) in [5, 5.41) is 5.85. The molecule has 0 aromatic heterocycles. The summed E-state index contributed by atoms with van der Waals surface area (Å²) < 4.78 is 12.9. The standard InChI is InChI=1S/C12H15FN2O/c1-8-5-6-14-11(8)12(16)15-10-4-2-3-9(13)7-10/h2-4,7-8,11,14H,5-6H2,1H3,(H,15,16). The first-order chi connectivity index (χ1) is 7.66. The third kappa shape index (κ3) is 2.39. The lowest BCUT2D eigenvalue weighted by molar-refractivity contribution is -0.118. The third-order valence-corrected chi connectivity index (χ3v) is 2.91. The van der Waals surface area contributed by atoms with E-state index in [1.165, 1.54) is 12.1 Å². The Morgan fingerprint density at radius 3 is 3.00 bits per heavy atom. The van der Waals surface area contributed by atoms with Gasteiger partial charge in [-0.3, -0.25) is 4.79 Å². The second-order valence-corrected chi connectivity index (χ2v) is 4.20. The Labute approximate surface area is 94.0 Å². The van der Waals surface area contributed by atoms with Crippen molar-refractivity contribution in [1.82, 2.24) is 5.32 Å². The molecule has 1 amide bonds. The Bertz CT molecular complexity index is 394. The summed E-state index contributed by atoms with van der Waals surface area (Å²) in [6.45, 7) is 2.90. The molecular weight excluding hydrogens is 207 g/mol. The fourth-order valence-electron chi connectivity index (χ4n) is 1.97. The van der Waals surface area contributed by atoms with Gasteiger partial charge in [0, 0.05) is 5.69 Å². The van der Waals surface area contributed by atoms with Gasteiger partial charge in [-0.2, -0.15) is 0 Å². The predicted octanol–water partition coefficient (Wildman–Crippen LogP) is 1.76. The van der Waals surface area contributed by atoms with Gasteiger partial charge in [-0.1, -0.05) is 13.0 Å². The van der Waals surface area contributed by atoms with Gasteiger partial charge in [0.1, 0.15) is 5.82 Å². The molecule has 1 aliphatic heterocycles. The molecule has 1 aromatic rings. The number of carbonyl (C=O) groups is 1. The molecular formula is C12H15FN2O. The van der Waals surface area contributed by atoms with Gasteiger partial charge in [0.15, 0.2) is 0 Å². The highest BCUT2D eigenvalue weighted by Gasteiger charge is 2.29. The van der Waals surface area contributed by atoms with E-state index in [9.17, 15) is 9.18 Å². The van der Waals surface area contributed by atoms with E-state index in [1.54, 1.807) is 12.1 Å². The second-order valence-electron chi connectivity index (χ2n) is 4.20. The summed E-state index contributed by atoms with van der Waals surface area (Å²) in [6, 6.07) is 5.77. The second kappa shape index (κ2) is 4.61. The Kier molecular flexibility index (Phi) is 3.19. The van der Waals surface area contributed by atoms with E-state index in [4.69, 9.17) is 0 Å². The van der Waals surface area contributed by atoms with Crippen molar-refractivity contribution in [1.29, 1.82) is 0 Å². The van der Waals surface area contributed by atoms with Crippen molar-refractivity contribution in [2.75, 3.05) is 11.9 Å². The van der Waals surface area contributed by atoms with Crippen LogP contribution in [-0.4, -0.2) is 18.5 Å². The van der Waals surface area contributed by atoms with Crippen molar-refractivity contribution in [2.45, 2.75) is 19.4 Å². The summed E-state index contributed by atoms with van der Waals surface area (Å²) in [6.07, 6.45) is 1.00. The monoisotopic (exact) mass is 222 g/mol. The highest BCUT2D eigenvalue weighted by Crippen LogP contribution is 2.17. The zero-order valence-corrected chi connectivity index (χ0v) is 9.16. The Balaban J connectivity index is 2.02. The lowest BCUT2D eigenvalue weighted by Crippen LogP contribution is -2.39. The lowest BCUT2D eigenvalue weighted by Gasteiger charge is -2.15. The number of benzene rings is 1. The minimum absolute atomic E-state index is 0.0874. The van der Waals surface area contributed by atoms with E-state index in [0.29, 0.717) is 11.6 Å². The number of carbonyl (C=O) groups excluding carboxylic acids is 1. The first-order valence-corrected chi connectivity index (χ1v) is 5.46. The molecule has 4 heteroatoms. The summed E-state index contributed by atoms with van der Waals surface area (Å²) in [7, 11) is 0. The highest BCUT2D eigenvalue weighted by atomic mass is 19.1. The Hall–Kier alpha value is -1.42. The maximum absolute atomic E-state index is 12.9. The Morgan fingerprint density at radius 1 is 1.56 bits per heavy atom. The normalized spacial score (nSPS) is 24.4. The molecule has 16 heavy (non-hydrogen) atoms. The van der Waals surface area contributed by atoms with Crippen LogP contribution in [0.1, 0.15) is 13.3 Å². The van der Waals surface area contributed by atoms with E-state index < -0.39 is 0 Å². The zero-order valence-electron chi connectivity index (χ0n) is 9.16. The minimum Gasteiger partial charge on any atom is -0.325 e. The zero-order chi connectivity index (χ0) is 11.5. The number of anilines is 1. The van der Waals surface area contributed by atoms with Crippen LogP contribution in [0.15, 0.2) is 24.3 Å². The minimum atomic E-state index is -0.342. The van der Waals surface area contributed by atoms with Gasteiger partial charge in [-0.25, -0.2) is 4.39 Å². The van der Waals surface area contributed by atoms with Gasteiger partial charge in [0.05, 0.1) is 6.04 Å². The highest BCUT2D eigenvalue weighted by molar-refractivity contribution is 5.95. The summed E-state index contributed by atoms with van der Waals surface area (Å²) in [5.41, 5.74) is 0.505. The number of hydrogen-bond donors (Lipinski definition) is 2. The molecule has 3 nitrogen and oxygen atoms in total. The van der Waals surface area contributed by atoms with Crippen LogP contribution in [0.5, 0.6) is 0 Å². The van der Waals surface area contributed by atoms with Crippen LogP contribution in [-0.2, 0) is 4.79 Å². The van der Waals surface area contributed by atoms with Crippen LogP contribution < -0.4 is 10.6 Å². The lowest BCUT2D eigenvalue weighted by atomic mass is 10.0. The molecule has 2 unspecified atom stereocenters. The Morgan fingerprint density at radius 2 is 2.38 bits per heavy atom. The van der Waals surface area contributed by atoms with Crippen LogP contribution in [0.3, 0.4) is 0 Å². The maximum atomic E-state index is 12.9. The maximum Gasteiger partial charge on any atom is 0.241 e. The topological polar surface area (TPSA) is 41.1 Å². The molecule has 2 atom stereocenters. The van der Waals surface area contributed by atoms with E-state index in [-0.39, 0.29) is 17.8 Å². The van der Waals surface area contributed by atoms with Crippen LogP contribution in [0.25, 0.3) is 0 Å². The predicted molar refractivity (Wildman–Crippen MR) is 60.6 cm³/mol. The molecule has 1 heterocycles. The van der Waals surface area contributed by atoms with Gasteiger partial charge in [-0.05, 0) is 37.1 Å². The first kappa shape index (κ1) is 11.1. The van der Waals surface area contributed by atoms with Crippen molar-refractivity contribution < 1.29 is 9.18 Å². The largest absolute Gasteiger partial charge is 0.325 e. The molecule has 1 aromatic carbocycles. The van der Waals surface area contributed by atoms with Crippen LogP contribution >= 0.6 is 0 Å². The van der Waals surface area contributed by atoms with Crippen LogP contribution in [0.4, 0.5) is 10.1 Å². The van der Waals surface area contributed by atoms with Gasteiger partial charge >= 0.3 is 0 Å². The molecule has 0 spiro atoms. The SMILES string of the molecule is CC1CCNC1C(=O)Nc1cccc(F)c1. The average Bonchev–Trinajstić information content (AvgIpc) is 2.64. The molecule has 1 saturated heterocycles.